The Hall–Kier alpha value is -1.97. The number of carbonyl (C=O) groups is 1. The van der Waals surface area contributed by atoms with Crippen molar-refractivity contribution in [1.82, 2.24) is 5.32 Å². The molecule has 1 aliphatic heterocycles. The van der Waals surface area contributed by atoms with Crippen LogP contribution in [-0.4, -0.2) is 12.6 Å². The molecule has 0 saturated heterocycles. The average Bonchev–Trinajstić information content (AvgIpc) is 2.49. The summed E-state index contributed by atoms with van der Waals surface area (Å²) in [7, 11) is 0. The average molecular weight is 319 g/mol. The SMILES string of the molecule is O=C1NC(c2ccccc2Cl)=CCN1c1ccc(Cl)cc1. The van der Waals surface area contributed by atoms with E-state index in [1.165, 1.54) is 0 Å². The highest BCUT2D eigenvalue weighted by atomic mass is 35.5. The molecule has 1 N–H and O–H groups in total. The molecule has 0 unspecified atom stereocenters. The molecule has 0 fully saturated rings. The molecule has 0 radical (unpaired) electrons. The van der Waals surface area contributed by atoms with Crippen LogP contribution in [0.3, 0.4) is 0 Å². The Labute approximate surface area is 132 Å². The van der Waals surface area contributed by atoms with Gasteiger partial charge in [-0.3, -0.25) is 4.90 Å². The number of anilines is 1. The Morgan fingerprint density at radius 2 is 1.71 bits per heavy atom. The van der Waals surface area contributed by atoms with Crippen molar-refractivity contribution >= 4 is 40.6 Å². The van der Waals surface area contributed by atoms with E-state index in [4.69, 9.17) is 23.2 Å². The van der Waals surface area contributed by atoms with Crippen LogP contribution in [0.4, 0.5) is 10.5 Å². The van der Waals surface area contributed by atoms with Gasteiger partial charge in [-0.1, -0.05) is 41.4 Å². The molecule has 0 atom stereocenters. The minimum Gasteiger partial charge on any atom is -0.307 e. The van der Waals surface area contributed by atoms with E-state index in [-0.39, 0.29) is 6.03 Å². The molecule has 0 aromatic heterocycles. The first kappa shape index (κ1) is 14.0. The van der Waals surface area contributed by atoms with E-state index >= 15 is 0 Å². The highest BCUT2D eigenvalue weighted by Gasteiger charge is 2.21. The number of hydrogen-bond donors (Lipinski definition) is 1. The van der Waals surface area contributed by atoms with Gasteiger partial charge < -0.3 is 5.32 Å². The molecule has 21 heavy (non-hydrogen) atoms. The normalized spacial score (nSPS) is 14.7. The van der Waals surface area contributed by atoms with E-state index in [9.17, 15) is 4.79 Å². The molecule has 0 saturated carbocycles. The largest absolute Gasteiger partial charge is 0.326 e. The number of nitrogens with zero attached hydrogens (tertiary/aromatic N) is 1. The summed E-state index contributed by atoms with van der Waals surface area (Å²) in [5.41, 5.74) is 2.35. The topological polar surface area (TPSA) is 32.3 Å². The first-order chi connectivity index (χ1) is 10.1. The summed E-state index contributed by atoms with van der Waals surface area (Å²) in [6, 6.07) is 14.4. The fraction of sp³-hybridized carbons (Fsp3) is 0.0625. The molecule has 5 heteroatoms. The Morgan fingerprint density at radius 3 is 2.38 bits per heavy atom. The second kappa shape index (κ2) is 5.80. The van der Waals surface area contributed by atoms with Gasteiger partial charge in [-0.05, 0) is 36.4 Å². The molecule has 2 amide bonds. The van der Waals surface area contributed by atoms with Crippen molar-refractivity contribution in [2.45, 2.75) is 0 Å². The number of carbonyl (C=O) groups excluding carboxylic acids is 1. The maximum atomic E-state index is 12.3. The number of nitrogens with one attached hydrogen (secondary N) is 1. The van der Waals surface area contributed by atoms with Gasteiger partial charge in [0.25, 0.3) is 0 Å². The number of benzene rings is 2. The summed E-state index contributed by atoms with van der Waals surface area (Å²) < 4.78 is 0. The summed E-state index contributed by atoms with van der Waals surface area (Å²) in [6.45, 7) is 0.480. The lowest BCUT2D eigenvalue weighted by Crippen LogP contribution is -2.43. The van der Waals surface area contributed by atoms with Gasteiger partial charge in [-0.15, -0.1) is 0 Å². The fourth-order valence-electron chi connectivity index (χ4n) is 2.20. The van der Waals surface area contributed by atoms with Crippen molar-refractivity contribution in [2.75, 3.05) is 11.4 Å². The van der Waals surface area contributed by atoms with Gasteiger partial charge in [0, 0.05) is 33.5 Å². The van der Waals surface area contributed by atoms with Gasteiger partial charge in [-0.2, -0.15) is 0 Å². The summed E-state index contributed by atoms with van der Waals surface area (Å²) in [4.78, 5) is 13.9. The molecule has 0 aliphatic carbocycles. The van der Waals surface area contributed by atoms with Crippen LogP contribution in [-0.2, 0) is 0 Å². The van der Waals surface area contributed by atoms with Crippen molar-refractivity contribution in [3.8, 4) is 0 Å². The monoisotopic (exact) mass is 318 g/mol. The van der Waals surface area contributed by atoms with E-state index in [0.717, 1.165) is 16.9 Å². The smallest absolute Gasteiger partial charge is 0.307 e. The lowest BCUT2D eigenvalue weighted by Gasteiger charge is -2.27. The third kappa shape index (κ3) is 2.89. The van der Waals surface area contributed by atoms with Crippen molar-refractivity contribution in [1.29, 1.82) is 0 Å². The van der Waals surface area contributed by atoms with Crippen LogP contribution in [0, 0.1) is 0 Å². The molecule has 106 valence electrons. The number of hydrogen-bond acceptors (Lipinski definition) is 1. The molecule has 3 nitrogen and oxygen atoms in total. The molecule has 0 spiro atoms. The number of rotatable bonds is 2. The minimum absolute atomic E-state index is 0.185. The second-order valence-corrected chi connectivity index (χ2v) is 5.46. The van der Waals surface area contributed by atoms with E-state index in [1.807, 2.05) is 36.4 Å². The first-order valence-corrected chi connectivity index (χ1v) is 7.20. The quantitative estimate of drug-likeness (QED) is 0.864. The molecular formula is C16H12Cl2N2O. The van der Waals surface area contributed by atoms with Crippen LogP contribution < -0.4 is 10.2 Å². The van der Waals surface area contributed by atoms with Gasteiger partial charge in [-0.25, -0.2) is 4.79 Å². The van der Waals surface area contributed by atoms with Gasteiger partial charge in [0.2, 0.25) is 0 Å². The molecular weight excluding hydrogens is 307 g/mol. The van der Waals surface area contributed by atoms with Crippen molar-refractivity contribution in [3.63, 3.8) is 0 Å². The third-order valence-corrected chi connectivity index (χ3v) is 3.85. The van der Waals surface area contributed by atoms with Crippen LogP contribution >= 0.6 is 23.2 Å². The summed E-state index contributed by atoms with van der Waals surface area (Å²) in [5.74, 6) is 0. The zero-order valence-corrected chi connectivity index (χ0v) is 12.5. The molecule has 1 heterocycles. The first-order valence-electron chi connectivity index (χ1n) is 6.44. The van der Waals surface area contributed by atoms with Gasteiger partial charge in [0.1, 0.15) is 0 Å². The number of amides is 2. The molecule has 2 aromatic carbocycles. The van der Waals surface area contributed by atoms with Crippen LogP contribution in [0.15, 0.2) is 54.6 Å². The van der Waals surface area contributed by atoms with Crippen molar-refractivity contribution in [2.24, 2.45) is 0 Å². The van der Waals surface area contributed by atoms with Crippen LogP contribution in [0.25, 0.3) is 5.70 Å². The van der Waals surface area contributed by atoms with Crippen LogP contribution in [0.5, 0.6) is 0 Å². The highest BCUT2D eigenvalue weighted by molar-refractivity contribution is 6.32. The lowest BCUT2D eigenvalue weighted by atomic mass is 10.1. The molecule has 1 aliphatic rings. The summed E-state index contributed by atoms with van der Waals surface area (Å²) in [6.07, 6.45) is 1.94. The minimum atomic E-state index is -0.185. The van der Waals surface area contributed by atoms with E-state index < -0.39 is 0 Å². The van der Waals surface area contributed by atoms with Gasteiger partial charge in [0.05, 0.1) is 0 Å². The number of urea groups is 1. The Kier molecular flexibility index (Phi) is 3.86. The van der Waals surface area contributed by atoms with Crippen molar-refractivity contribution < 1.29 is 4.79 Å². The van der Waals surface area contributed by atoms with Crippen LogP contribution in [0.1, 0.15) is 5.56 Å². The van der Waals surface area contributed by atoms with E-state index in [0.29, 0.717) is 16.6 Å². The van der Waals surface area contributed by atoms with Gasteiger partial charge >= 0.3 is 6.03 Å². The van der Waals surface area contributed by atoms with Crippen LogP contribution in [0.2, 0.25) is 10.0 Å². The predicted molar refractivity (Wildman–Crippen MR) is 86.8 cm³/mol. The standard InChI is InChI=1S/C16H12Cl2N2O/c17-11-5-7-12(8-6-11)20-10-9-15(19-16(20)21)13-3-1-2-4-14(13)18/h1-9H,10H2,(H,19,21). The Bertz CT molecular complexity index is 710. The number of halogens is 2. The summed E-state index contributed by atoms with van der Waals surface area (Å²) >= 11 is 12.0. The second-order valence-electron chi connectivity index (χ2n) is 4.61. The lowest BCUT2D eigenvalue weighted by molar-refractivity contribution is 0.250. The zero-order chi connectivity index (χ0) is 14.8. The Balaban J connectivity index is 1.87. The Morgan fingerprint density at radius 1 is 1.00 bits per heavy atom. The maximum Gasteiger partial charge on any atom is 0.326 e. The highest BCUT2D eigenvalue weighted by Crippen LogP contribution is 2.26. The van der Waals surface area contributed by atoms with Gasteiger partial charge in [0.15, 0.2) is 0 Å². The predicted octanol–water partition coefficient (Wildman–Crippen LogP) is 4.56. The van der Waals surface area contributed by atoms with E-state index in [2.05, 4.69) is 5.32 Å². The molecule has 2 aromatic rings. The molecule has 3 rings (SSSR count). The van der Waals surface area contributed by atoms with E-state index in [1.54, 1.807) is 23.1 Å². The van der Waals surface area contributed by atoms with Crippen molar-refractivity contribution in [3.05, 3.63) is 70.2 Å². The molecule has 0 bridgehead atoms. The third-order valence-electron chi connectivity index (χ3n) is 3.27. The zero-order valence-electron chi connectivity index (χ0n) is 11.0. The maximum absolute atomic E-state index is 12.3. The fourth-order valence-corrected chi connectivity index (χ4v) is 2.56. The summed E-state index contributed by atoms with van der Waals surface area (Å²) in [5, 5.41) is 4.12.